The van der Waals surface area contributed by atoms with Crippen LogP contribution in [0.5, 0.6) is 0 Å². The van der Waals surface area contributed by atoms with Crippen LogP contribution < -0.4 is 0 Å². The molecule has 2 aromatic carbocycles. The molecule has 3 heteroatoms. The van der Waals surface area contributed by atoms with Gasteiger partial charge in [-0.05, 0) is 41.9 Å². The van der Waals surface area contributed by atoms with Gasteiger partial charge in [-0.1, -0.05) is 44.7 Å². The zero-order valence-corrected chi connectivity index (χ0v) is 17.0. The molecule has 0 amide bonds. The molecule has 1 fully saturated rings. The quantitative estimate of drug-likeness (QED) is 0.535. The van der Waals surface area contributed by atoms with E-state index in [0.717, 1.165) is 30.2 Å². The van der Waals surface area contributed by atoms with Gasteiger partial charge < -0.3 is 0 Å². The van der Waals surface area contributed by atoms with E-state index in [2.05, 4.69) is 13.0 Å². The van der Waals surface area contributed by atoms with Gasteiger partial charge in [0.1, 0.15) is 5.82 Å². The summed E-state index contributed by atoms with van der Waals surface area (Å²) in [6, 6.07) is 12.3. The minimum absolute atomic E-state index is 0. The van der Waals surface area contributed by atoms with Crippen LogP contribution in [0.2, 0.25) is 0 Å². The van der Waals surface area contributed by atoms with Crippen molar-refractivity contribution in [1.29, 1.82) is 0 Å². The van der Waals surface area contributed by atoms with Gasteiger partial charge in [0.05, 0.1) is 0 Å². The molecule has 0 aromatic heterocycles. The van der Waals surface area contributed by atoms with Crippen LogP contribution in [0.3, 0.4) is 0 Å². The number of benzene rings is 2. The van der Waals surface area contributed by atoms with Gasteiger partial charge in [0.2, 0.25) is 0 Å². The molecule has 0 N–H and O–H groups in total. The molecule has 1 aliphatic rings. The largest absolute Gasteiger partial charge is 3.00 e. The summed E-state index contributed by atoms with van der Waals surface area (Å²) in [6.07, 6.45) is 7.33. The van der Waals surface area contributed by atoms with E-state index in [0.29, 0.717) is 11.1 Å². The molecule has 0 bridgehead atoms. The summed E-state index contributed by atoms with van der Waals surface area (Å²) in [5, 5.41) is 0. The van der Waals surface area contributed by atoms with Crippen LogP contribution in [0.15, 0.2) is 36.4 Å². The zero-order chi connectivity index (χ0) is 16.2. The molecule has 0 aliphatic heterocycles. The topological polar surface area (TPSA) is 0 Å². The Kier molecular flexibility index (Phi) is 7.56. The Morgan fingerprint density at radius 1 is 1.04 bits per heavy atom. The van der Waals surface area contributed by atoms with Crippen molar-refractivity contribution in [2.45, 2.75) is 45.4 Å². The van der Waals surface area contributed by atoms with Crippen LogP contribution in [0, 0.1) is 29.5 Å². The number of aryl methyl sites for hydroxylation is 1. The van der Waals surface area contributed by atoms with Crippen molar-refractivity contribution < 1.29 is 41.5 Å². The first-order chi connectivity index (χ1) is 11.1. The standard InChI is InChI=1S/C21H23F2.Y/c1-15-5-7-16(8-6-15)9-10-17-11-12-20(21(23)13-17)18-3-2-4-19(22)14-18;/h2-3,11-16H,5-10H2,1H3;/q-1;+3. The molecule has 3 rings (SSSR count). The van der Waals surface area contributed by atoms with Gasteiger partial charge >= 0.3 is 32.7 Å². The average molecular weight is 402 g/mol. The fraction of sp³-hybridized carbons (Fsp3) is 0.429. The van der Waals surface area contributed by atoms with Gasteiger partial charge in [-0.25, -0.2) is 8.78 Å². The molecular formula is C21H23F2Y+2. The van der Waals surface area contributed by atoms with Crippen molar-refractivity contribution in [2.75, 3.05) is 0 Å². The van der Waals surface area contributed by atoms with E-state index in [9.17, 15) is 8.78 Å². The second-order valence-electron chi connectivity index (χ2n) is 6.90. The molecule has 1 saturated carbocycles. The van der Waals surface area contributed by atoms with Crippen molar-refractivity contribution in [3.05, 3.63) is 59.7 Å². The molecule has 1 aliphatic carbocycles. The van der Waals surface area contributed by atoms with Crippen LogP contribution in [0.4, 0.5) is 8.78 Å². The third-order valence-corrected chi connectivity index (χ3v) is 5.09. The molecule has 0 atom stereocenters. The number of rotatable bonds is 4. The molecule has 0 saturated heterocycles. The summed E-state index contributed by atoms with van der Waals surface area (Å²) in [4.78, 5) is 0. The first-order valence-electron chi connectivity index (χ1n) is 8.58. The Bertz CT molecular complexity index is 661. The smallest absolute Gasteiger partial charge is 0.236 e. The maximum absolute atomic E-state index is 14.4. The minimum Gasteiger partial charge on any atom is -0.236 e. The Morgan fingerprint density at radius 2 is 1.79 bits per heavy atom. The van der Waals surface area contributed by atoms with Crippen LogP contribution in [-0.4, -0.2) is 0 Å². The van der Waals surface area contributed by atoms with E-state index in [-0.39, 0.29) is 38.5 Å². The second-order valence-corrected chi connectivity index (χ2v) is 6.90. The van der Waals surface area contributed by atoms with Gasteiger partial charge in [0.25, 0.3) is 0 Å². The van der Waals surface area contributed by atoms with Gasteiger partial charge in [0.15, 0.2) is 0 Å². The van der Waals surface area contributed by atoms with Crippen LogP contribution in [0.1, 0.15) is 44.6 Å². The van der Waals surface area contributed by atoms with E-state index in [1.54, 1.807) is 18.2 Å². The molecule has 0 spiro atoms. The van der Waals surface area contributed by atoms with E-state index in [1.165, 1.54) is 37.8 Å². The number of hydrogen-bond acceptors (Lipinski definition) is 0. The van der Waals surface area contributed by atoms with Crippen molar-refractivity contribution >= 4 is 0 Å². The van der Waals surface area contributed by atoms with Crippen LogP contribution in [0.25, 0.3) is 11.1 Å². The normalized spacial score (nSPS) is 20.5. The predicted molar refractivity (Wildman–Crippen MR) is 90.1 cm³/mol. The maximum atomic E-state index is 14.4. The minimum atomic E-state index is -0.461. The monoisotopic (exact) mass is 402 g/mol. The summed E-state index contributed by atoms with van der Waals surface area (Å²) in [7, 11) is 0. The molecule has 0 radical (unpaired) electrons. The molecule has 24 heavy (non-hydrogen) atoms. The predicted octanol–water partition coefficient (Wildman–Crippen LogP) is 6.19. The molecule has 0 heterocycles. The third-order valence-electron chi connectivity index (χ3n) is 5.09. The summed E-state index contributed by atoms with van der Waals surface area (Å²) in [6.45, 7) is 2.33. The number of hydrogen-bond donors (Lipinski definition) is 0. The Morgan fingerprint density at radius 3 is 2.46 bits per heavy atom. The zero-order valence-electron chi connectivity index (χ0n) is 14.2. The molecule has 0 unspecified atom stereocenters. The van der Waals surface area contributed by atoms with E-state index in [4.69, 9.17) is 0 Å². The van der Waals surface area contributed by atoms with Crippen molar-refractivity contribution in [3.8, 4) is 11.1 Å². The molecule has 2 aromatic rings. The van der Waals surface area contributed by atoms with Crippen LogP contribution >= 0.6 is 0 Å². The van der Waals surface area contributed by atoms with Crippen molar-refractivity contribution in [3.63, 3.8) is 0 Å². The molecular weight excluding hydrogens is 379 g/mol. The Balaban J connectivity index is 0.00000208. The summed E-state index contributed by atoms with van der Waals surface area (Å²) >= 11 is 0. The third kappa shape index (κ3) is 5.20. The van der Waals surface area contributed by atoms with E-state index in [1.807, 2.05) is 6.07 Å². The second kappa shape index (κ2) is 9.20. The van der Waals surface area contributed by atoms with Gasteiger partial charge in [-0.15, -0.1) is 17.7 Å². The first-order valence-corrected chi connectivity index (χ1v) is 8.58. The maximum Gasteiger partial charge on any atom is 3.00 e. The fourth-order valence-electron chi connectivity index (χ4n) is 3.54. The summed E-state index contributed by atoms with van der Waals surface area (Å²) in [5.41, 5.74) is 2.05. The van der Waals surface area contributed by atoms with Crippen LogP contribution in [-0.2, 0) is 39.1 Å². The number of halogens is 2. The molecule has 122 valence electrons. The van der Waals surface area contributed by atoms with Gasteiger partial charge in [0, 0.05) is 5.82 Å². The Labute approximate surface area is 168 Å². The summed E-state index contributed by atoms with van der Waals surface area (Å²) < 4.78 is 27.6. The van der Waals surface area contributed by atoms with E-state index >= 15 is 0 Å². The average Bonchev–Trinajstić information content (AvgIpc) is 2.54. The Hall–Kier alpha value is -0.596. The molecule has 0 nitrogen and oxygen atoms in total. The van der Waals surface area contributed by atoms with Gasteiger partial charge in [-0.2, -0.15) is 12.1 Å². The van der Waals surface area contributed by atoms with E-state index < -0.39 is 5.82 Å². The fourth-order valence-corrected chi connectivity index (χ4v) is 3.54. The van der Waals surface area contributed by atoms with Crippen molar-refractivity contribution in [2.24, 2.45) is 11.8 Å². The SMILES string of the molecule is CC1CCC(CCc2ccc(-c3cc[c-]c(F)c3)c(F)c2)CC1.[Y+3]. The van der Waals surface area contributed by atoms with Crippen molar-refractivity contribution in [1.82, 2.24) is 0 Å². The first kappa shape index (κ1) is 19.7. The summed E-state index contributed by atoms with van der Waals surface area (Å²) in [5.74, 6) is 0.919. The van der Waals surface area contributed by atoms with Gasteiger partial charge in [-0.3, -0.25) is 0 Å².